The Morgan fingerprint density at radius 1 is 1.24 bits per heavy atom. The van der Waals surface area contributed by atoms with Crippen LogP contribution >= 0.6 is 0 Å². The van der Waals surface area contributed by atoms with Crippen LogP contribution in [0.4, 0.5) is 0 Å². The highest BCUT2D eigenvalue weighted by Gasteiger charge is 1.98. The number of carbonyl (C=O) groups excluding carboxylic acids is 1. The van der Waals surface area contributed by atoms with E-state index in [-0.39, 0.29) is 5.91 Å². The maximum atomic E-state index is 11.0. The molecule has 0 spiro atoms. The minimum atomic E-state index is 0.0386. The van der Waals surface area contributed by atoms with Crippen LogP contribution in [-0.2, 0) is 4.79 Å². The van der Waals surface area contributed by atoms with E-state index >= 15 is 0 Å². The van der Waals surface area contributed by atoms with Crippen LogP contribution in [0.5, 0.6) is 11.5 Å². The Balaban J connectivity index is 2.31. The Morgan fingerprint density at radius 3 is 2.59 bits per heavy atom. The van der Waals surface area contributed by atoms with E-state index in [9.17, 15) is 4.79 Å². The molecule has 0 radical (unpaired) electrons. The summed E-state index contributed by atoms with van der Waals surface area (Å²) in [5.74, 6) is 1.58. The summed E-state index contributed by atoms with van der Waals surface area (Å²) in [7, 11) is 0. The maximum Gasteiger partial charge on any atom is 0.219 e. The molecule has 0 fully saturated rings. The second-order valence-electron chi connectivity index (χ2n) is 3.46. The predicted octanol–water partition coefficient (Wildman–Crippen LogP) is 1.99. The Labute approximate surface area is 102 Å². The number of amides is 1. The minimum absolute atomic E-state index is 0.0386. The van der Waals surface area contributed by atoms with Crippen LogP contribution < -0.4 is 14.8 Å². The van der Waals surface area contributed by atoms with Gasteiger partial charge in [0.1, 0.15) is 18.1 Å². The average Bonchev–Trinajstić information content (AvgIpc) is 2.35. The molecule has 0 aromatic heterocycles. The quantitative estimate of drug-likeness (QED) is 0.738. The predicted molar refractivity (Wildman–Crippen MR) is 66.4 cm³/mol. The second kappa shape index (κ2) is 7.54. The molecule has 1 aromatic rings. The molecule has 0 aliphatic carbocycles. The van der Waals surface area contributed by atoms with E-state index in [0.29, 0.717) is 26.2 Å². The lowest BCUT2D eigenvalue weighted by molar-refractivity contribution is -0.120. The van der Waals surface area contributed by atoms with Gasteiger partial charge in [-0.2, -0.15) is 0 Å². The highest BCUT2D eigenvalue weighted by atomic mass is 16.5. The third-order valence-electron chi connectivity index (χ3n) is 2.13. The molecule has 0 atom stereocenters. The van der Waals surface area contributed by atoms with Gasteiger partial charge >= 0.3 is 0 Å². The molecule has 0 bridgehead atoms. The third-order valence-corrected chi connectivity index (χ3v) is 2.13. The Bertz CT molecular complexity index is 352. The number of nitrogens with one attached hydrogen (secondary N) is 1. The van der Waals surface area contributed by atoms with Crippen LogP contribution in [0.3, 0.4) is 0 Å². The number of hydrogen-bond donors (Lipinski definition) is 1. The molecule has 4 heteroatoms. The van der Waals surface area contributed by atoms with Gasteiger partial charge in [0, 0.05) is 12.5 Å². The fraction of sp³-hybridized carbons (Fsp3) is 0.462. The van der Waals surface area contributed by atoms with Crippen LogP contribution in [0.15, 0.2) is 24.3 Å². The molecule has 0 unspecified atom stereocenters. The van der Waals surface area contributed by atoms with Crippen molar-refractivity contribution in [1.29, 1.82) is 0 Å². The van der Waals surface area contributed by atoms with Crippen molar-refractivity contribution in [2.45, 2.75) is 20.3 Å². The smallest absolute Gasteiger partial charge is 0.219 e. The van der Waals surface area contributed by atoms with Crippen LogP contribution in [0.2, 0.25) is 0 Å². The SMILES string of the molecule is CCOc1cccc(OCCNC(=O)CC)c1. The van der Waals surface area contributed by atoms with Gasteiger partial charge in [0.05, 0.1) is 13.2 Å². The molecule has 17 heavy (non-hydrogen) atoms. The molecule has 94 valence electrons. The van der Waals surface area contributed by atoms with Gasteiger partial charge in [0.2, 0.25) is 5.91 Å². The summed E-state index contributed by atoms with van der Waals surface area (Å²) in [4.78, 5) is 11.0. The third kappa shape index (κ3) is 5.24. The minimum Gasteiger partial charge on any atom is -0.494 e. The molecule has 1 rings (SSSR count). The van der Waals surface area contributed by atoms with Gasteiger partial charge in [0.15, 0.2) is 0 Å². The summed E-state index contributed by atoms with van der Waals surface area (Å²) in [5, 5.41) is 2.75. The lowest BCUT2D eigenvalue weighted by Crippen LogP contribution is -2.27. The molecular formula is C13H19NO3. The van der Waals surface area contributed by atoms with E-state index in [0.717, 1.165) is 11.5 Å². The Kier molecular flexibility index (Phi) is 5.93. The number of carbonyl (C=O) groups is 1. The first kappa shape index (κ1) is 13.4. The van der Waals surface area contributed by atoms with Crippen molar-refractivity contribution in [2.75, 3.05) is 19.8 Å². The van der Waals surface area contributed by atoms with E-state index in [1.54, 1.807) is 0 Å². The van der Waals surface area contributed by atoms with Crippen LogP contribution in [0, 0.1) is 0 Å². The van der Waals surface area contributed by atoms with Crippen molar-refractivity contribution in [1.82, 2.24) is 5.32 Å². The van der Waals surface area contributed by atoms with Gasteiger partial charge < -0.3 is 14.8 Å². The van der Waals surface area contributed by atoms with Crippen molar-refractivity contribution < 1.29 is 14.3 Å². The molecule has 0 aliphatic heterocycles. The molecule has 1 amide bonds. The molecule has 0 aliphatic rings. The summed E-state index contributed by atoms with van der Waals surface area (Å²) in [6.45, 7) is 5.37. The molecule has 0 saturated carbocycles. The highest BCUT2D eigenvalue weighted by Crippen LogP contribution is 2.18. The average molecular weight is 237 g/mol. The molecule has 0 saturated heterocycles. The van der Waals surface area contributed by atoms with Crippen molar-refractivity contribution in [2.24, 2.45) is 0 Å². The monoisotopic (exact) mass is 237 g/mol. The number of benzene rings is 1. The van der Waals surface area contributed by atoms with Crippen molar-refractivity contribution in [3.8, 4) is 11.5 Å². The summed E-state index contributed by atoms with van der Waals surface area (Å²) >= 11 is 0. The number of rotatable bonds is 7. The second-order valence-corrected chi connectivity index (χ2v) is 3.46. The first-order chi connectivity index (χ1) is 8.26. The first-order valence-electron chi connectivity index (χ1n) is 5.88. The zero-order chi connectivity index (χ0) is 12.5. The van der Waals surface area contributed by atoms with E-state index < -0.39 is 0 Å². The summed E-state index contributed by atoms with van der Waals surface area (Å²) in [5.41, 5.74) is 0. The van der Waals surface area contributed by atoms with Crippen LogP contribution in [0.25, 0.3) is 0 Å². The molecule has 1 aromatic carbocycles. The van der Waals surface area contributed by atoms with Crippen molar-refractivity contribution in [3.05, 3.63) is 24.3 Å². The summed E-state index contributed by atoms with van der Waals surface area (Å²) in [6.07, 6.45) is 0.500. The summed E-state index contributed by atoms with van der Waals surface area (Å²) < 4.78 is 10.9. The lowest BCUT2D eigenvalue weighted by Gasteiger charge is -2.09. The molecule has 4 nitrogen and oxygen atoms in total. The lowest BCUT2D eigenvalue weighted by atomic mass is 10.3. The topological polar surface area (TPSA) is 47.6 Å². The van der Waals surface area contributed by atoms with E-state index in [4.69, 9.17) is 9.47 Å². The normalized spacial score (nSPS) is 9.76. The van der Waals surface area contributed by atoms with Gasteiger partial charge in [-0.25, -0.2) is 0 Å². The Morgan fingerprint density at radius 2 is 1.94 bits per heavy atom. The fourth-order valence-corrected chi connectivity index (χ4v) is 1.30. The van der Waals surface area contributed by atoms with E-state index in [2.05, 4.69) is 5.32 Å². The summed E-state index contributed by atoms with van der Waals surface area (Å²) in [6, 6.07) is 7.47. The van der Waals surface area contributed by atoms with Crippen LogP contribution in [0.1, 0.15) is 20.3 Å². The largest absolute Gasteiger partial charge is 0.494 e. The zero-order valence-corrected chi connectivity index (χ0v) is 10.4. The molecule has 1 N–H and O–H groups in total. The number of ether oxygens (including phenoxy) is 2. The zero-order valence-electron chi connectivity index (χ0n) is 10.4. The van der Waals surface area contributed by atoms with Gasteiger partial charge in [-0.1, -0.05) is 13.0 Å². The van der Waals surface area contributed by atoms with Gasteiger partial charge in [0.25, 0.3) is 0 Å². The maximum absolute atomic E-state index is 11.0. The van der Waals surface area contributed by atoms with Crippen molar-refractivity contribution in [3.63, 3.8) is 0 Å². The van der Waals surface area contributed by atoms with E-state index in [1.807, 2.05) is 38.1 Å². The van der Waals surface area contributed by atoms with Crippen LogP contribution in [-0.4, -0.2) is 25.7 Å². The van der Waals surface area contributed by atoms with Gasteiger partial charge in [-0.15, -0.1) is 0 Å². The highest BCUT2D eigenvalue weighted by molar-refractivity contribution is 5.75. The van der Waals surface area contributed by atoms with E-state index in [1.165, 1.54) is 0 Å². The van der Waals surface area contributed by atoms with Gasteiger partial charge in [-0.3, -0.25) is 4.79 Å². The first-order valence-corrected chi connectivity index (χ1v) is 5.88. The van der Waals surface area contributed by atoms with Gasteiger partial charge in [-0.05, 0) is 19.1 Å². The van der Waals surface area contributed by atoms with Crippen molar-refractivity contribution >= 4 is 5.91 Å². The fourth-order valence-electron chi connectivity index (χ4n) is 1.30. The molecule has 0 heterocycles. The Hall–Kier alpha value is -1.71. The standard InChI is InChI=1S/C13H19NO3/c1-3-13(15)14-8-9-17-12-7-5-6-11(10-12)16-4-2/h5-7,10H,3-4,8-9H2,1-2H3,(H,14,15). The molecular weight excluding hydrogens is 218 g/mol. The number of hydrogen-bond acceptors (Lipinski definition) is 3.